The van der Waals surface area contributed by atoms with E-state index in [1.807, 2.05) is 25.1 Å². The van der Waals surface area contributed by atoms with Gasteiger partial charge in [0, 0.05) is 79.5 Å². The molecule has 6 aromatic rings. The van der Waals surface area contributed by atoms with Crippen LogP contribution in [0.25, 0.3) is 10.8 Å². The maximum absolute atomic E-state index is 14.1. The second-order valence-electron chi connectivity index (χ2n) is 20.4. The van der Waals surface area contributed by atoms with E-state index in [0.717, 1.165) is 68.3 Å². The van der Waals surface area contributed by atoms with Crippen LogP contribution in [0.4, 0.5) is 22.7 Å². The molecule has 3 amide bonds. The van der Waals surface area contributed by atoms with E-state index in [9.17, 15) is 14.4 Å². The third-order valence-electron chi connectivity index (χ3n) is 14.6. The summed E-state index contributed by atoms with van der Waals surface area (Å²) in [6.07, 6.45) is 1.48. The summed E-state index contributed by atoms with van der Waals surface area (Å²) in [5.74, 6) is 1.40. The third kappa shape index (κ3) is 15.3. The minimum absolute atomic E-state index is 0.0832. The SMILES string of the molecule is CCCNC(=O)c1ccc(CN2C(=O)c3cccc4c(NCCc5ccc(N6CCOc7cc(C)ccc7N7CCOCCOCCN(CCOCCOCC7)c7ccc(C)cc7OCC6)c(OCCOC)c5)ccc(c34)C2=O)cc1. The normalized spacial score (nSPS) is 16.2. The molecule has 4 aliphatic heterocycles. The molecule has 0 atom stereocenters. The lowest BCUT2D eigenvalue weighted by Crippen LogP contribution is -2.39. The van der Waals surface area contributed by atoms with Crippen molar-refractivity contribution in [1.82, 2.24) is 10.2 Å². The van der Waals surface area contributed by atoms with Crippen LogP contribution in [0.2, 0.25) is 0 Å². The van der Waals surface area contributed by atoms with Crippen LogP contribution in [0.5, 0.6) is 17.2 Å². The fourth-order valence-electron chi connectivity index (χ4n) is 10.3. The van der Waals surface area contributed by atoms with E-state index in [2.05, 4.69) is 93.8 Å². The number of nitrogens with zero attached hydrogens (tertiary/aromatic N) is 4. The number of aryl methyl sites for hydroxylation is 2. The number of rotatable bonds is 14. The van der Waals surface area contributed by atoms with Crippen LogP contribution in [0, 0.1) is 13.8 Å². The minimum atomic E-state index is -0.359. The predicted molar refractivity (Wildman–Crippen MR) is 316 cm³/mol. The molecular formula is C64H78N6O11. The first kappa shape index (κ1) is 58.3. The molecule has 1 saturated heterocycles. The largest absolute Gasteiger partial charge is 0.490 e. The van der Waals surface area contributed by atoms with Gasteiger partial charge in [-0.1, -0.05) is 49.4 Å². The van der Waals surface area contributed by atoms with E-state index in [-0.39, 0.29) is 24.3 Å². The lowest BCUT2D eigenvalue weighted by Gasteiger charge is -2.30. The van der Waals surface area contributed by atoms with Gasteiger partial charge in [0.25, 0.3) is 17.7 Å². The average Bonchev–Trinajstić information content (AvgIpc) is 3.50. The number of benzene rings is 6. The topological polar surface area (TPSA) is 162 Å². The molecule has 17 heteroatoms. The van der Waals surface area contributed by atoms with Crippen molar-refractivity contribution in [2.75, 3.05) is 159 Å². The Bertz CT molecular complexity index is 2940. The molecule has 6 aromatic carbocycles. The van der Waals surface area contributed by atoms with Crippen molar-refractivity contribution in [1.29, 1.82) is 0 Å². The van der Waals surface area contributed by atoms with Crippen molar-refractivity contribution in [3.63, 3.8) is 0 Å². The second-order valence-corrected chi connectivity index (χ2v) is 20.4. The van der Waals surface area contributed by atoms with Gasteiger partial charge in [0.1, 0.15) is 37.1 Å². The smallest absolute Gasteiger partial charge is 0.261 e. The highest BCUT2D eigenvalue weighted by molar-refractivity contribution is 6.26. The molecule has 0 unspecified atom stereocenters. The number of imide groups is 1. The third-order valence-corrected chi connectivity index (χ3v) is 14.6. The number of anilines is 4. The van der Waals surface area contributed by atoms with Crippen LogP contribution in [0.15, 0.2) is 109 Å². The zero-order valence-electron chi connectivity index (χ0n) is 47.4. The zero-order valence-corrected chi connectivity index (χ0v) is 47.4. The summed E-state index contributed by atoms with van der Waals surface area (Å²) in [6.45, 7) is 16.5. The maximum Gasteiger partial charge on any atom is 0.261 e. The van der Waals surface area contributed by atoms with Gasteiger partial charge in [-0.3, -0.25) is 19.3 Å². The van der Waals surface area contributed by atoms with Gasteiger partial charge < -0.3 is 63.2 Å². The zero-order chi connectivity index (χ0) is 56.3. The average molecular weight is 1110 g/mol. The van der Waals surface area contributed by atoms with E-state index in [0.29, 0.717) is 166 Å². The number of nitrogens with one attached hydrogen (secondary N) is 2. The lowest BCUT2D eigenvalue weighted by atomic mass is 9.92. The summed E-state index contributed by atoms with van der Waals surface area (Å²) < 4.78 is 50.1. The molecule has 17 nitrogen and oxygen atoms in total. The number of carbonyl (C=O) groups is 3. The van der Waals surface area contributed by atoms with E-state index in [1.165, 1.54) is 4.90 Å². The highest BCUT2D eigenvalue weighted by Gasteiger charge is 2.33. The van der Waals surface area contributed by atoms with Gasteiger partial charge in [0.2, 0.25) is 0 Å². The monoisotopic (exact) mass is 1110 g/mol. The number of amides is 3. The molecule has 430 valence electrons. The van der Waals surface area contributed by atoms with Crippen molar-refractivity contribution in [3.8, 4) is 17.2 Å². The minimum Gasteiger partial charge on any atom is -0.490 e. The maximum atomic E-state index is 14.1. The fourth-order valence-corrected chi connectivity index (χ4v) is 10.3. The van der Waals surface area contributed by atoms with Gasteiger partial charge in [0.15, 0.2) is 0 Å². The number of fused-ring (bicyclic) bond motifs is 20. The van der Waals surface area contributed by atoms with Crippen LogP contribution in [0.3, 0.4) is 0 Å². The fraction of sp³-hybridized carbons (Fsp3) is 0.422. The van der Waals surface area contributed by atoms with Gasteiger partial charge in [-0.2, -0.15) is 0 Å². The Morgan fingerprint density at radius 1 is 0.568 bits per heavy atom. The summed E-state index contributed by atoms with van der Waals surface area (Å²) in [5, 5.41) is 7.93. The molecule has 0 aromatic heterocycles. The standard InChI is InChI=1S/C64H78N6O11/c1-5-22-66-62(71)50-14-11-49(12-15-50)45-70-63(72)52-8-6-7-51-54(17-16-53(61(51)52)64(70)73)65-23-21-48-13-20-57(60(44-48)81-41-36-74-4)69-28-34-79-58-42-46(2)9-18-55(58)67-24-30-75-37-39-77-32-26-68(27-33-78-40-38-76-31-25-67)56-19-10-47(3)43-59(56)80-35-29-69/h6-20,42-44,65H,5,21-41,45H2,1-4H3,(H,66,71). The Morgan fingerprint density at radius 2 is 1.11 bits per heavy atom. The van der Waals surface area contributed by atoms with Gasteiger partial charge in [-0.05, 0) is 116 Å². The first-order chi connectivity index (χ1) is 39.7. The van der Waals surface area contributed by atoms with Crippen molar-refractivity contribution >= 4 is 51.2 Å². The quantitative estimate of drug-likeness (QED) is 0.0605. The van der Waals surface area contributed by atoms with E-state index >= 15 is 0 Å². The van der Waals surface area contributed by atoms with E-state index < -0.39 is 0 Å². The molecule has 4 aliphatic rings. The highest BCUT2D eigenvalue weighted by Crippen LogP contribution is 2.37. The molecular weight excluding hydrogens is 1030 g/mol. The number of methoxy groups -OCH3 is 1. The van der Waals surface area contributed by atoms with Crippen molar-refractivity contribution in [3.05, 3.63) is 148 Å². The summed E-state index contributed by atoms with van der Waals surface area (Å²) in [6, 6.07) is 35.3. The Labute approximate surface area is 476 Å². The van der Waals surface area contributed by atoms with Gasteiger partial charge in [0.05, 0.1) is 96.2 Å². The molecule has 10 rings (SSSR count). The van der Waals surface area contributed by atoms with Crippen molar-refractivity contribution in [2.24, 2.45) is 0 Å². The molecule has 0 saturated carbocycles. The summed E-state index contributed by atoms with van der Waals surface area (Å²) in [7, 11) is 1.66. The lowest BCUT2D eigenvalue weighted by molar-refractivity contribution is 0.0435. The summed E-state index contributed by atoms with van der Waals surface area (Å²) >= 11 is 0. The second kappa shape index (κ2) is 29.3. The van der Waals surface area contributed by atoms with Crippen LogP contribution >= 0.6 is 0 Å². The number of hydrogen-bond donors (Lipinski definition) is 2. The predicted octanol–water partition coefficient (Wildman–Crippen LogP) is 8.74. The molecule has 0 spiro atoms. The van der Waals surface area contributed by atoms with Crippen molar-refractivity contribution < 1.29 is 52.3 Å². The summed E-state index contributed by atoms with van der Waals surface area (Å²) in [4.78, 5) is 48.7. The first-order valence-corrected chi connectivity index (χ1v) is 28.5. The Kier molecular flexibility index (Phi) is 21.1. The van der Waals surface area contributed by atoms with Gasteiger partial charge in [-0.25, -0.2) is 0 Å². The number of hydrogen-bond acceptors (Lipinski definition) is 15. The molecule has 81 heavy (non-hydrogen) atoms. The molecule has 2 bridgehead atoms. The number of ether oxygens (including phenoxy) is 8. The van der Waals surface area contributed by atoms with Gasteiger partial charge in [-0.15, -0.1) is 0 Å². The Hall–Kier alpha value is -7.41. The molecule has 4 heterocycles. The van der Waals surface area contributed by atoms with Crippen LogP contribution in [-0.2, 0) is 36.6 Å². The number of carbonyl (C=O) groups excluding carboxylic acids is 3. The molecule has 0 radical (unpaired) electrons. The van der Waals surface area contributed by atoms with Gasteiger partial charge >= 0.3 is 0 Å². The Morgan fingerprint density at radius 3 is 1.69 bits per heavy atom. The first-order valence-electron chi connectivity index (χ1n) is 28.5. The van der Waals surface area contributed by atoms with Crippen LogP contribution in [0.1, 0.15) is 66.7 Å². The van der Waals surface area contributed by atoms with Crippen LogP contribution < -0.4 is 39.5 Å². The summed E-state index contributed by atoms with van der Waals surface area (Å²) in [5.41, 5.74) is 9.08. The van der Waals surface area contributed by atoms with E-state index in [4.69, 9.17) is 37.9 Å². The molecule has 2 N–H and O–H groups in total. The van der Waals surface area contributed by atoms with Crippen molar-refractivity contribution in [2.45, 2.75) is 40.2 Å². The Balaban J connectivity index is 0.954. The van der Waals surface area contributed by atoms with Crippen LogP contribution in [-0.4, -0.2) is 161 Å². The molecule has 1 fully saturated rings. The molecule has 0 aliphatic carbocycles. The van der Waals surface area contributed by atoms with E-state index in [1.54, 1.807) is 43.5 Å². The highest BCUT2D eigenvalue weighted by atomic mass is 16.5.